The second-order valence-electron chi connectivity index (χ2n) is 6.25. The van der Waals surface area contributed by atoms with Crippen LogP contribution in [0.2, 0.25) is 0 Å². The van der Waals surface area contributed by atoms with Crippen molar-refractivity contribution in [1.29, 1.82) is 0 Å². The van der Waals surface area contributed by atoms with E-state index >= 15 is 0 Å². The van der Waals surface area contributed by atoms with E-state index in [1.54, 1.807) is 0 Å². The first-order valence-electron chi connectivity index (χ1n) is 7.95. The number of rotatable bonds is 5. The molecule has 2 rings (SSSR count). The van der Waals surface area contributed by atoms with E-state index in [0.29, 0.717) is 6.04 Å². The molecule has 2 N–H and O–H groups in total. The molecule has 2 aliphatic heterocycles. The Morgan fingerprint density at radius 3 is 2.84 bits per heavy atom. The lowest BCUT2D eigenvalue weighted by molar-refractivity contribution is 0.0540. The lowest BCUT2D eigenvalue weighted by atomic mass is 9.87. The molecule has 0 bridgehead atoms. The Labute approximate surface area is 118 Å². The molecule has 0 aromatic carbocycles. The maximum atomic E-state index is 6.19. The number of ether oxygens (including phenoxy) is 1. The summed E-state index contributed by atoms with van der Waals surface area (Å²) in [5.74, 6) is 0. The molecule has 2 fully saturated rings. The van der Waals surface area contributed by atoms with Crippen LogP contribution >= 0.6 is 0 Å². The first-order chi connectivity index (χ1) is 9.22. The second-order valence-corrected chi connectivity index (χ2v) is 6.25. The van der Waals surface area contributed by atoms with Crippen molar-refractivity contribution in [3.05, 3.63) is 0 Å². The first kappa shape index (κ1) is 15.2. The number of likely N-dealkylation sites (tertiary alicyclic amines) is 1. The molecule has 0 aromatic rings. The molecule has 0 amide bonds. The number of hydrogen-bond donors (Lipinski definition) is 1. The third-order valence-electron chi connectivity index (χ3n) is 5.13. The quantitative estimate of drug-likeness (QED) is 0.817. The van der Waals surface area contributed by atoms with Crippen LogP contribution in [-0.2, 0) is 4.74 Å². The van der Waals surface area contributed by atoms with Crippen LogP contribution in [0.5, 0.6) is 0 Å². The first-order valence-corrected chi connectivity index (χ1v) is 7.95. The van der Waals surface area contributed by atoms with E-state index < -0.39 is 0 Å². The number of nitrogens with zero attached hydrogens (tertiary/aromatic N) is 2. The molecule has 112 valence electrons. The van der Waals surface area contributed by atoms with Crippen molar-refractivity contribution >= 4 is 0 Å². The average Bonchev–Trinajstić information content (AvgIpc) is 2.88. The average molecular weight is 269 g/mol. The third kappa shape index (κ3) is 3.48. The minimum Gasteiger partial charge on any atom is -0.380 e. The Morgan fingerprint density at radius 1 is 1.37 bits per heavy atom. The minimum absolute atomic E-state index is 0.195. The van der Waals surface area contributed by atoms with Gasteiger partial charge in [-0.1, -0.05) is 6.92 Å². The smallest absolute Gasteiger partial charge is 0.0622 e. The second kappa shape index (κ2) is 7.02. The van der Waals surface area contributed by atoms with Gasteiger partial charge in [-0.25, -0.2) is 0 Å². The topological polar surface area (TPSA) is 41.7 Å². The monoisotopic (exact) mass is 269 g/mol. The van der Waals surface area contributed by atoms with Gasteiger partial charge in [0, 0.05) is 24.7 Å². The molecule has 2 aliphatic rings. The van der Waals surface area contributed by atoms with Gasteiger partial charge in [0.25, 0.3) is 0 Å². The Bertz CT molecular complexity index is 268. The van der Waals surface area contributed by atoms with Gasteiger partial charge >= 0.3 is 0 Å². The molecule has 0 aromatic heterocycles. The zero-order valence-corrected chi connectivity index (χ0v) is 12.7. The molecule has 0 aliphatic carbocycles. The highest BCUT2D eigenvalue weighted by molar-refractivity contribution is 4.96. The highest BCUT2D eigenvalue weighted by Gasteiger charge is 2.39. The Balaban J connectivity index is 2.00. The van der Waals surface area contributed by atoms with Gasteiger partial charge in [-0.15, -0.1) is 0 Å². The van der Waals surface area contributed by atoms with Crippen LogP contribution in [0.4, 0.5) is 0 Å². The molecule has 0 radical (unpaired) electrons. The fourth-order valence-corrected chi connectivity index (χ4v) is 3.69. The van der Waals surface area contributed by atoms with E-state index in [0.717, 1.165) is 26.2 Å². The molecule has 4 heteroatoms. The highest BCUT2D eigenvalue weighted by Crippen LogP contribution is 2.30. The van der Waals surface area contributed by atoms with Crippen LogP contribution in [0.25, 0.3) is 0 Å². The fraction of sp³-hybridized carbons (Fsp3) is 1.00. The van der Waals surface area contributed by atoms with Crippen LogP contribution in [0.1, 0.15) is 39.0 Å². The summed E-state index contributed by atoms with van der Waals surface area (Å²) in [6.07, 6.45) is 6.13. The van der Waals surface area contributed by atoms with Crippen LogP contribution < -0.4 is 5.73 Å². The summed E-state index contributed by atoms with van der Waals surface area (Å²) >= 11 is 0. The fourth-order valence-electron chi connectivity index (χ4n) is 3.69. The molecule has 2 heterocycles. The Kier molecular flexibility index (Phi) is 5.63. The minimum atomic E-state index is 0.195. The van der Waals surface area contributed by atoms with E-state index in [2.05, 4.69) is 23.8 Å². The number of hydrogen-bond acceptors (Lipinski definition) is 4. The number of likely N-dealkylation sites (N-methyl/N-ethyl adjacent to an activating group) is 1. The predicted octanol–water partition coefficient (Wildman–Crippen LogP) is 1.30. The van der Waals surface area contributed by atoms with Gasteiger partial charge < -0.3 is 15.4 Å². The van der Waals surface area contributed by atoms with Gasteiger partial charge in [0.15, 0.2) is 0 Å². The van der Waals surface area contributed by atoms with Crippen molar-refractivity contribution in [1.82, 2.24) is 9.80 Å². The summed E-state index contributed by atoms with van der Waals surface area (Å²) < 4.78 is 5.56. The van der Waals surface area contributed by atoms with Crippen LogP contribution in [0.3, 0.4) is 0 Å². The predicted molar refractivity (Wildman–Crippen MR) is 79.4 cm³/mol. The van der Waals surface area contributed by atoms with E-state index in [-0.39, 0.29) is 5.54 Å². The van der Waals surface area contributed by atoms with Crippen molar-refractivity contribution in [2.45, 2.75) is 50.6 Å². The van der Waals surface area contributed by atoms with Crippen LogP contribution in [0, 0.1) is 0 Å². The molecule has 2 unspecified atom stereocenters. The molecule has 0 spiro atoms. The highest BCUT2D eigenvalue weighted by atomic mass is 16.5. The van der Waals surface area contributed by atoms with Gasteiger partial charge in [-0.2, -0.15) is 0 Å². The van der Waals surface area contributed by atoms with Gasteiger partial charge in [-0.05, 0) is 58.8 Å². The lowest BCUT2D eigenvalue weighted by Gasteiger charge is -2.44. The van der Waals surface area contributed by atoms with Crippen LogP contribution in [0.15, 0.2) is 0 Å². The zero-order chi connectivity index (χ0) is 13.7. The number of nitrogens with two attached hydrogens (primary N) is 1. The van der Waals surface area contributed by atoms with Crippen molar-refractivity contribution < 1.29 is 4.74 Å². The lowest BCUT2D eigenvalue weighted by Crippen LogP contribution is -2.56. The summed E-state index contributed by atoms with van der Waals surface area (Å²) in [6.45, 7) is 8.52. The van der Waals surface area contributed by atoms with E-state index in [1.807, 2.05) is 0 Å². The third-order valence-corrected chi connectivity index (χ3v) is 5.13. The summed E-state index contributed by atoms with van der Waals surface area (Å²) in [5, 5.41) is 0. The zero-order valence-electron chi connectivity index (χ0n) is 12.7. The SMILES string of the molecule is CCCN1CCCC(CN)(N(C)C2CCOC2)CC1. The van der Waals surface area contributed by atoms with Crippen molar-refractivity contribution in [2.75, 3.05) is 46.4 Å². The molecular formula is C15H31N3O. The van der Waals surface area contributed by atoms with Crippen LogP contribution in [-0.4, -0.2) is 67.8 Å². The van der Waals surface area contributed by atoms with E-state index in [4.69, 9.17) is 10.5 Å². The maximum Gasteiger partial charge on any atom is 0.0622 e. The van der Waals surface area contributed by atoms with Gasteiger partial charge in [0.2, 0.25) is 0 Å². The normalized spacial score (nSPS) is 33.8. The largest absolute Gasteiger partial charge is 0.380 e. The Hall–Kier alpha value is -0.160. The van der Waals surface area contributed by atoms with Crippen molar-refractivity contribution in [3.8, 4) is 0 Å². The molecule has 2 atom stereocenters. The van der Waals surface area contributed by atoms with Gasteiger partial charge in [0.1, 0.15) is 0 Å². The molecule has 4 nitrogen and oxygen atoms in total. The summed E-state index contributed by atoms with van der Waals surface area (Å²) in [6, 6.07) is 0.571. The standard InChI is InChI=1S/C15H31N3O/c1-3-8-18-9-4-6-15(13-16,7-10-18)17(2)14-5-11-19-12-14/h14H,3-13,16H2,1-2H3. The summed E-state index contributed by atoms with van der Waals surface area (Å²) in [5.41, 5.74) is 6.39. The maximum absolute atomic E-state index is 6.19. The van der Waals surface area contributed by atoms with E-state index in [9.17, 15) is 0 Å². The summed E-state index contributed by atoms with van der Waals surface area (Å²) in [4.78, 5) is 5.16. The Morgan fingerprint density at radius 2 is 2.21 bits per heavy atom. The molecule has 2 saturated heterocycles. The van der Waals surface area contributed by atoms with Crippen molar-refractivity contribution in [3.63, 3.8) is 0 Å². The molecule has 0 saturated carbocycles. The van der Waals surface area contributed by atoms with Crippen molar-refractivity contribution in [2.24, 2.45) is 5.73 Å². The van der Waals surface area contributed by atoms with Gasteiger partial charge in [0.05, 0.1) is 6.61 Å². The van der Waals surface area contributed by atoms with Gasteiger partial charge in [-0.3, -0.25) is 4.90 Å². The molecule has 19 heavy (non-hydrogen) atoms. The van der Waals surface area contributed by atoms with E-state index in [1.165, 1.54) is 45.3 Å². The molecular weight excluding hydrogens is 238 g/mol. The summed E-state index contributed by atoms with van der Waals surface area (Å²) in [7, 11) is 2.27.